The third kappa shape index (κ3) is 4.19. The number of hydrogen-bond donors (Lipinski definition) is 1. The fourth-order valence-corrected chi connectivity index (χ4v) is 3.48. The molecule has 0 atom stereocenters. The van der Waals surface area contributed by atoms with E-state index in [1.165, 1.54) is 4.31 Å². The van der Waals surface area contributed by atoms with Gasteiger partial charge in [-0.25, -0.2) is 0 Å². The molecule has 1 aliphatic heterocycles. The Morgan fingerprint density at radius 2 is 1.89 bits per heavy atom. The number of rotatable bonds is 6. The summed E-state index contributed by atoms with van der Waals surface area (Å²) in [5.41, 5.74) is 0. The summed E-state index contributed by atoms with van der Waals surface area (Å²) < 4.78 is 27.6. The van der Waals surface area contributed by atoms with E-state index in [9.17, 15) is 8.42 Å². The van der Waals surface area contributed by atoms with Crippen LogP contribution in [0.1, 0.15) is 33.1 Å². The van der Waals surface area contributed by atoms with Gasteiger partial charge in [0.1, 0.15) is 0 Å². The summed E-state index contributed by atoms with van der Waals surface area (Å²) in [6.07, 6.45) is 2.39. The highest BCUT2D eigenvalue weighted by Crippen LogP contribution is 2.20. The van der Waals surface area contributed by atoms with Crippen LogP contribution >= 0.6 is 0 Å². The number of piperidine rings is 1. The van der Waals surface area contributed by atoms with Crippen molar-refractivity contribution in [3.8, 4) is 0 Å². The Kier molecular flexibility index (Phi) is 6.04. The van der Waals surface area contributed by atoms with Gasteiger partial charge < -0.3 is 5.11 Å². The van der Waals surface area contributed by atoms with E-state index in [1.807, 2.05) is 0 Å². The molecule has 6 heteroatoms. The van der Waals surface area contributed by atoms with E-state index < -0.39 is 10.2 Å². The first-order chi connectivity index (χ1) is 8.37. The normalized spacial score (nSPS) is 19.9. The Morgan fingerprint density at radius 1 is 1.33 bits per heavy atom. The van der Waals surface area contributed by atoms with E-state index in [0.29, 0.717) is 25.6 Å². The molecule has 0 unspecified atom stereocenters. The second-order valence-electron chi connectivity index (χ2n) is 5.54. The highest BCUT2D eigenvalue weighted by molar-refractivity contribution is 7.86. The zero-order valence-electron chi connectivity index (χ0n) is 11.7. The molecule has 108 valence electrons. The van der Waals surface area contributed by atoms with Gasteiger partial charge in [0.15, 0.2) is 0 Å². The van der Waals surface area contributed by atoms with E-state index in [0.717, 1.165) is 19.3 Å². The van der Waals surface area contributed by atoms with Crippen molar-refractivity contribution in [2.45, 2.75) is 33.1 Å². The van der Waals surface area contributed by atoms with Gasteiger partial charge in [-0.15, -0.1) is 0 Å². The smallest absolute Gasteiger partial charge is 0.281 e. The molecule has 1 N–H and O–H groups in total. The van der Waals surface area contributed by atoms with Gasteiger partial charge in [-0.3, -0.25) is 0 Å². The van der Waals surface area contributed by atoms with Crippen LogP contribution in [0, 0.1) is 11.8 Å². The fraction of sp³-hybridized carbons (Fsp3) is 1.00. The zero-order valence-corrected chi connectivity index (χ0v) is 12.5. The third-order valence-corrected chi connectivity index (χ3v) is 5.56. The molecule has 0 aromatic heterocycles. The van der Waals surface area contributed by atoms with Crippen LogP contribution in [0.15, 0.2) is 0 Å². The lowest BCUT2D eigenvalue weighted by molar-refractivity contribution is 0.166. The molecule has 0 amide bonds. The van der Waals surface area contributed by atoms with Crippen LogP contribution in [-0.4, -0.2) is 55.4 Å². The first kappa shape index (κ1) is 15.9. The molecule has 1 rings (SSSR count). The molecule has 0 aromatic rings. The predicted octanol–water partition coefficient (Wildman–Crippen LogP) is 0.913. The summed E-state index contributed by atoms with van der Waals surface area (Å²) in [4.78, 5) is 0. The van der Waals surface area contributed by atoms with E-state index in [1.54, 1.807) is 11.4 Å². The highest BCUT2D eigenvalue weighted by Gasteiger charge is 2.30. The Labute approximate surface area is 111 Å². The first-order valence-electron chi connectivity index (χ1n) is 6.70. The lowest BCUT2D eigenvalue weighted by Crippen LogP contribution is -2.46. The van der Waals surface area contributed by atoms with Crippen LogP contribution in [0.3, 0.4) is 0 Å². The number of aliphatic hydroxyl groups excluding tert-OH is 1. The maximum absolute atomic E-state index is 12.3. The molecule has 0 aliphatic carbocycles. The van der Waals surface area contributed by atoms with Crippen LogP contribution in [0.25, 0.3) is 0 Å². The molecule has 1 heterocycles. The van der Waals surface area contributed by atoms with Crippen molar-refractivity contribution in [2.24, 2.45) is 11.8 Å². The number of nitrogens with zero attached hydrogens (tertiary/aromatic N) is 2. The van der Waals surface area contributed by atoms with Crippen LogP contribution < -0.4 is 0 Å². The largest absolute Gasteiger partial charge is 0.396 e. The Bertz CT molecular complexity index is 335. The van der Waals surface area contributed by atoms with E-state index in [4.69, 9.17) is 5.11 Å². The maximum atomic E-state index is 12.3. The van der Waals surface area contributed by atoms with Crippen LogP contribution in [0.5, 0.6) is 0 Å². The van der Waals surface area contributed by atoms with Gasteiger partial charge in [-0.05, 0) is 31.1 Å². The molecule has 0 saturated carbocycles. The highest BCUT2D eigenvalue weighted by atomic mass is 32.2. The van der Waals surface area contributed by atoms with Crippen molar-refractivity contribution < 1.29 is 13.5 Å². The minimum Gasteiger partial charge on any atom is -0.396 e. The van der Waals surface area contributed by atoms with Crippen molar-refractivity contribution in [1.29, 1.82) is 0 Å². The maximum Gasteiger partial charge on any atom is 0.281 e. The number of hydrogen-bond acceptors (Lipinski definition) is 3. The van der Waals surface area contributed by atoms with E-state index >= 15 is 0 Å². The summed E-state index contributed by atoms with van der Waals surface area (Å²) in [7, 11) is -1.66. The van der Waals surface area contributed by atoms with E-state index in [-0.39, 0.29) is 12.5 Å². The first-order valence-corrected chi connectivity index (χ1v) is 8.10. The van der Waals surface area contributed by atoms with Gasteiger partial charge in [0.2, 0.25) is 0 Å². The molecule has 0 bridgehead atoms. The standard InChI is InChI=1S/C12H26N2O3S/c1-11(2)4-7-13(3)18(16,17)14-8-5-12(10-15)6-9-14/h11-12,15H,4-10H2,1-3H3. The molecule has 0 aromatic carbocycles. The lowest BCUT2D eigenvalue weighted by Gasteiger charge is -2.33. The molecule has 1 fully saturated rings. The lowest BCUT2D eigenvalue weighted by atomic mass is 10.00. The van der Waals surface area contributed by atoms with Gasteiger partial charge in [0.25, 0.3) is 10.2 Å². The second kappa shape index (κ2) is 6.84. The SMILES string of the molecule is CC(C)CCN(C)S(=O)(=O)N1CCC(CO)CC1. The monoisotopic (exact) mass is 278 g/mol. The Balaban J connectivity index is 2.53. The van der Waals surface area contributed by atoms with Gasteiger partial charge >= 0.3 is 0 Å². The van der Waals surface area contributed by atoms with Crippen molar-refractivity contribution >= 4 is 10.2 Å². The minimum absolute atomic E-state index is 0.164. The van der Waals surface area contributed by atoms with Crippen molar-refractivity contribution in [3.63, 3.8) is 0 Å². The van der Waals surface area contributed by atoms with Crippen LogP contribution in [0.4, 0.5) is 0 Å². The summed E-state index contributed by atoms with van der Waals surface area (Å²) in [6.45, 7) is 5.97. The molecule has 1 saturated heterocycles. The Hall–Kier alpha value is -0.170. The average Bonchev–Trinajstić information content (AvgIpc) is 2.35. The quantitative estimate of drug-likeness (QED) is 0.786. The van der Waals surface area contributed by atoms with Gasteiger partial charge in [0.05, 0.1) is 0 Å². The molecular formula is C12H26N2O3S. The minimum atomic E-state index is -3.30. The molecule has 0 radical (unpaired) electrons. The molecule has 1 aliphatic rings. The second-order valence-corrected chi connectivity index (χ2v) is 7.57. The van der Waals surface area contributed by atoms with Gasteiger partial charge in [-0.2, -0.15) is 17.0 Å². The van der Waals surface area contributed by atoms with Crippen molar-refractivity contribution in [2.75, 3.05) is 33.3 Å². The fourth-order valence-electron chi connectivity index (χ4n) is 2.08. The molecule has 18 heavy (non-hydrogen) atoms. The average molecular weight is 278 g/mol. The summed E-state index contributed by atoms with van der Waals surface area (Å²) in [6, 6.07) is 0. The zero-order chi connectivity index (χ0) is 13.8. The van der Waals surface area contributed by atoms with Crippen LogP contribution in [0.2, 0.25) is 0 Å². The summed E-state index contributed by atoms with van der Waals surface area (Å²) in [5, 5.41) is 9.06. The molecule has 0 spiro atoms. The van der Waals surface area contributed by atoms with E-state index in [2.05, 4.69) is 13.8 Å². The van der Waals surface area contributed by atoms with Crippen molar-refractivity contribution in [3.05, 3.63) is 0 Å². The Morgan fingerprint density at radius 3 is 2.33 bits per heavy atom. The molecule has 5 nitrogen and oxygen atoms in total. The van der Waals surface area contributed by atoms with Crippen LogP contribution in [-0.2, 0) is 10.2 Å². The summed E-state index contributed by atoms with van der Waals surface area (Å²) >= 11 is 0. The molecular weight excluding hydrogens is 252 g/mol. The summed E-state index contributed by atoms with van der Waals surface area (Å²) in [5.74, 6) is 0.764. The van der Waals surface area contributed by atoms with Gasteiger partial charge in [0, 0.05) is 33.3 Å². The topological polar surface area (TPSA) is 60.9 Å². The van der Waals surface area contributed by atoms with Gasteiger partial charge in [-0.1, -0.05) is 13.8 Å². The predicted molar refractivity (Wildman–Crippen MR) is 72.4 cm³/mol. The number of aliphatic hydroxyl groups is 1. The van der Waals surface area contributed by atoms with Crippen molar-refractivity contribution in [1.82, 2.24) is 8.61 Å². The third-order valence-electron chi connectivity index (χ3n) is 3.57.